The van der Waals surface area contributed by atoms with Gasteiger partial charge in [0.1, 0.15) is 0 Å². The minimum Gasteiger partial charge on any atom is -0.300 e. The molecule has 3 rings (SSSR count). The molecule has 1 N–H and O–H groups in total. The van der Waals surface area contributed by atoms with Gasteiger partial charge in [0.25, 0.3) is 5.91 Å². The molecular formula is C17H10ClF3N2OS. The first-order chi connectivity index (χ1) is 11.8. The molecule has 128 valence electrons. The van der Waals surface area contributed by atoms with Crippen molar-refractivity contribution in [2.24, 2.45) is 4.99 Å². The second-order valence-electron chi connectivity index (χ2n) is 5.08. The van der Waals surface area contributed by atoms with Crippen molar-refractivity contribution in [3.8, 4) is 0 Å². The van der Waals surface area contributed by atoms with Crippen LogP contribution in [0.2, 0.25) is 5.02 Å². The van der Waals surface area contributed by atoms with Crippen LogP contribution < -0.4 is 5.32 Å². The zero-order valence-electron chi connectivity index (χ0n) is 12.5. The van der Waals surface area contributed by atoms with Gasteiger partial charge in [-0.3, -0.25) is 4.79 Å². The summed E-state index contributed by atoms with van der Waals surface area (Å²) in [4.78, 5) is 16.5. The van der Waals surface area contributed by atoms with Crippen molar-refractivity contribution in [2.45, 2.75) is 6.18 Å². The van der Waals surface area contributed by atoms with Crippen LogP contribution in [0.3, 0.4) is 0 Å². The molecule has 0 spiro atoms. The number of carbonyl (C=O) groups is 1. The Bertz CT molecular complexity index is 876. The normalized spacial score (nSPS) is 18.0. The first kappa shape index (κ1) is 17.6. The van der Waals surface area contributed by atoms with Crippen molar-refractivity contribution < 1.29 is 18.0 Å². The average molecular weight is 383 g/mol. The van der Waals surface area contributed by atoms with E-state index >= 15 is 0 Å². The highest BCUT2D eigenvalue weighted by molar-refractivity contribution is 8.18. The molecule has 3 nitrogen and oxygen atoms in total. The molecule has 1 fully saturated rings. The van der Waals surface area contributed by atoms with E-state index in [4.69, 9.17) is 11.6 Å². The number of hydrogen-bond donors (Lipinski definition) is 1. The molecule has 8 heteroatoms. The third-order valence-corrected chi connectivity index (χ3v) is 4.38. The minimum absolute atomic E-state index is 0.116. The van der Waals surface area contributed by atoms with Crippen molar-refractivity contribution in [1.82, 2.24) is 5.32 Å². The van der Waals surface area contributed by atoms with E-state index in [9.17, 15) is 18.0 Å². The largest absolute Gasteiger partial charge is 0.416 e. The number of halogens is 4. The van der Waals surface area contributed by atoms with Gasteiger partial charge >= 0.3 is 6.18 Å². The van der Waals surface area contributed by atoms with Crippen molar-refractivity contribution >= 4 is 46.2 Å². The van der Waals surface area contributed by atoms with E-state index in [1.807, 2.05) is 0 Å². The first-order valence-corrected chi connectivity index (χ1v) is 8.23. The number of amides is 1. The SMILES string of the molecule is O=C1NC(=Nc2cccc(C(F)(F)F)c2)SC1=Cc1ccc(Cl)cc1. The molecule has 1 heterocycles. The molecule has 1 aliphatic heterocycles. The van der Waals surface area contributed by atoms with Gasteiger partial charge < -0.3 is 5.32 Å². The number of hydrogen-bond acceptors (Lipinski definition) is 3. The van der Waals surface area contributed by atoms with Gasteiger partial charge in [-0.2, -0.15) is 13.2 Å². The van der Waals surface area contributed by atoms with E-state index in [0.29, 0.717) is 9.93 Å². The molecule has 0 radical (unpaired) electrons. The summed E-state index contributed by atoms with van der Waals surface area (Å²) in [6, 6.07) is 11.5. The second kappa shape index (κ2) is 6.93. The van der Waals surface area contributed by atoms with Crippen LogP contribution in [-0.4, -0.2) is 11.1 Å². The van der Waals surface area contributed by atoms with Crippen LogP contribution in [0.1, 0.15) is 11.1 Å². The Morgan fingerprint density at radius 3 is 2.52 bits per heavy atom. The van der Waals surface area contributed by atoms with Gasteiger partial charge in [0.05, 0.1) is 16.2 Å². The predicted molar refractivity (Wildman–Crippen MR) is 93.7 cm³/mol. The van der Waals surface area contributed by atoms with Crippen molar-refractivity contribution in [1.29, 1.82) is 0 Å². The standard InChI is InChI=1S/C17H10ClF3N2OS/c18-12-6-4-10(5-7-12)8-14-15(24)23-16(25-14)22-13-3-1-2-11(9-13)17(19,20)21/h1-9H,(H,22,23,24). The number of carbonyl (C=O) groups excluding carboxylic acids is 1. The van der Waals surface area contributed by atoms with Gasteiger partial charge in [0.2, 0.25) is 0 Å². The highest BCUT2D eigenvalue weighted by Crippen LogP contribution is 2.33. The molecule has 2 aromatic rings. The third-order valence-electron chi connectivity index (χ3n) is 3.22. The number of alkyl halides is 3. The van der Waals surface area contributed by atoms with Gasteiger partial charge in [-0.1, -0.05) is 29.8 Å². The van der Waals surface area contributed by atoms with Crippen molar-refractivity contribution in [2.75, 3.05) is 0 Å². The van der Waals surface area contributed by atoms with Crippen LogP contribution in [0.5, 0.6) is 0 Å². The molecule has 1 amide bonds. The van der Waals surface area contributed by atoms with Crippen LogP contribution in [0, 0.1) is 0 Å². The van der Waals surface area contributed by atoms with Crippen LogP contribution in [-0.2, 0) is 11.0 Å². The van der Waals surface area contributed by atoms with Crippen LogP contribution >= 0.6 is 23.4 Å². The fraction of sp³-hybridized carbons (Fsp3) is 0.0588. The second-order valence-corrected chi connectivity index (χ2v) is 6.55. The predicted octanol–water partition coefficient (Wildman–Crippen LogP) is 5.25. The summed E-state index contributed by atoms with van der Waals surface area (Å²) in [6.07, 6.45) is -2.78. The molecule has 0 aliphatic carbocycles. The maximum absolute atomic E-state index is 12.7. The Balaban J connectivity index is 1.82. The smallest absolute Gasteiger partial charge is 0.300 e. The first-order valence-electron chi connectivity index (χ1n) is 7.04. The average Bonchev–Trinajstić information content (AvgIpc) is 2.88. The summed E-state index contributed by atoms with van der Waals surface area (Å²) in [6.45, 7) is 0. The van der Waals surface area contributed by atoms with Crippen LogP contribution in [0.15, 0.2) is 58.4 Å². The van der Waals surface area contributed by atoms with E-state index in [1.54, 1.807) is 30.3 Å². The lowest BCUT2D eigenvalue weighted by molar-refractivity contribution is -0.137. The van der Waals surface area contributed by atoms with Crippen LogP contribution in [0.4, 0.5) is 18.9 Å². The van der Waals surface area contributed by atoms with Gasteiger partial charge in [-0.25, -0.2) is 4.99 Å². The lowest BCUT2D eigenvalue weighted by Crippen LogP contribution is -2.19. The Morgan fingerprint density at radius 1 is 1.12 bits per heavy atom. The third kappa shape index (κ3) is 4.43. The molecule has 0 bridgehead atoms. The lowest BCUT2D eigenvalue weighted by Gasteiger charge is -2.06. The Labute approximate surface area is 150 Å². The van der Waals surface area contributed by atoms with E-state index in [-0.39, 0.29) is 16.8 Å². The van der Waals surface area contributed by atoms with E-state index < -0.39 is 11.7 Å². The highest BCUT2D eigenvalue weighted by atomic mass is 35.5. The quantitative estimate of drug-likeness (QED) is 0.721. The molecule has 2 aromatic carbocycles. The van der Waals surface area contributed by atoms with Crippen molar-refractivity contribution in [3.63, 3.8) is 0 Å². The zero-order valence-corrected chi connectivity index (χ0v) is 14.0. The number of rotatable bonds is 2. The fourth-order valence-corrected chi connectivity index (χ4v) is 3.03. The molecule has 0 aromatic heterocycles. The van der Waals surface area contributed by atoms with Crippen molar-refractivity contribution in [3.05, 3.63) is 69.6 Å². The number of benzene rings is 2. The summed E-state index contributed by atoms with van der Waals surface area (Å²) in [5.74, 6) is -0.356. The topological polar surface area (TPSA) is 41.5 Å². The summed E-state index contributed by atoms with van der Waals surface area (Å²) >= 11 is 6.87. The molecule has 25 heavy (non-hydrogen) atoms. The van der Waals surface area contributed by atoms with Crippen LogP contribution in [0.25, 0.3) is 6.08 Å². The molecular weight excluding hydrogens is 373 g/mol. The summed E-state index contributed by atoms with van der Waals surface area (Å²) < 4.78 is 38.2. The fourth-order valence-electron chi connectivity index (χ4n) is 2.06. The molecule has 1 aliphatic rings. The summed E-state index contributed by atoms with van der Waals surface area (Å²) in [5.41, 5.74) is 0.105. The molecule has 0 unspecified atom stereocenters. The molecule has 1 saturated heterocycles. The number of nitrogens with zero attached hydrogens (tertiary/aromatic N) is 1. The monoisotopic (exact) mass is 382 g/mol. The Kier molecular flexibility index (Phi) is 4.87. The molecule has 0 atom stereocenters. The number of aliphatic imine (C=N–C) groups is 1. The number of amidine groups is 1. The van der Waals surface area contributed by atoms with Gasteiger partial charge in [0, 0.05) is 5.02 Å². The minimum atomic E-state index is -4.44. The highest BCUT2D eigenvalue weighted by Gasteiger charge is 2.30. The van der Waals surface area contributed by atoms with E-state index in [2.05, 4.69) is 10.3 Å². The summed E-state index contributed by atoms with van der Waals surface area (Å²) in [5, 5.41) is 3.35. The van der Waals surface area contributed by atoms with Gasteiger partial charge in [-0.05, 0) is 53.7 Å². The lowest BCUT2D eigenvalue weighted by atomic mass is 10.2. The van der Waals surface area contributed by atoms with Gasteiger partial charge in [-0.15, -0.1) is 0 Å². The van der Waals surface area contributed by atoms with E-state index in [1.165, 1.54) is 12.1 Å². The number of thioether (sulfide) groups is 1. The Hall–Kier alpha value is -2.25. The molecule has 0 saturated carbocycles. The maximum atomic E-state index is 12.7. The van der Waals surface area contributed by atoms with E-state index in [0.717, 1.165) is 29.5 Å². The summed E-state index contributed by atoms with van der Waals surface area (Å²) in [7, 11) is 0. The Morgan fingerprint density at radius 2 is 1.84 bits per heavy atom. The number of nitrogens with one attached hydrogen (secondary N) is 1. The zero-order chi connectivity index (χ0) is 18.0. The maximum Gasteiger partial charge on any atom is 0.416 e. The van der Waals surface area contributed by atoms with Gasteiger partial charge in [0.15, 0.2) is 5.17 Å².